The number of fused-ring (bicyclic) bond motifs is 1. The third-order valence-corrected chi connectivity index (χ3v) is 4.44. The molecule has 0 saturated carbocycles. The number of hydrogen-bond acceptors (Lipinski definition) is 4. The maximum absolute atomic E-state index is 12.8. The lowest BCUT2D eigenvalue weighted by molar-refractivity contribution is 0.0790. The molecule has 1 aliphatic rings. The van der Waals surface area contributed by atoms with Gasteiger partial charge in [-0.2, -0.15) is 5.10 Å². The van der Waals surface area contributed by atoms with Crippen molar-refractivity contribution in [3.05, 3.63) is 59.8 Å². The van der Waals surface area contributed by atoms with Crippen LogP contribution in [0.4, 0.5) is 0 Å². The Bertz CT molecular complexity index is 866. The van der Waals surface area contributed by atoms with Gasteiger partial charge in [0.25, 0.3) is 5.91 Å². The van der Waals surface area contributed by atoms with E-state index in [1.165, 1.54) is 0 Å². The summed E-state index contributed by atoms with van der Waals surface area (Å²) in [6.07, 6.45) is 3.45. The summed E-state index contributed by atoms with van der Waals surface area (Å²) in [7, 11) is 0. The number of amides is 1. The van der Waals surface area contributed by atoms with E-state index < -0.39 is 0 Å². The average molecular weight is 310 g/mol. The van der Waals surface area contributed by atoms with Crippen molar-refractivity contribution < 1.29 is 9.21 Å². The Morgan fingerprint density at radius 1 is 1.30 bits per heavy atom. The largest absolute Gasteiger partial charge is 0.466 e. The lowest BCUT2D eigenvalue weighted by Gasteiger charge is -2.15. The fourth-order valence-electron chi connectivity index (χ4n) is 3.22. The second-order valence-electron chi connectivity index (χ2n) is 6.02. The maximum atomic E-state index is 12.8. The number of furan rings is 1. The molecule has 118 valence electrons. The summed E-state index contributed by atoms with van der Waals surface area (Å²) in [5, 5.41) is 4.23. The number of rotatable bonds is 2. The monoisotopic (exact) mass is 310 g/mol. The number of aryl methyl sites for hydroxylation is 1. The molecule has 0 spiro atoms. The van der Waals surface area contributed by atoms with Crippen molar-refractivity contribution in [3.8, 4) is 0 Å². The minimum Gasteiger partial charge on any atom is -0.466 e. The third kappa shape index (κ3) is 2.31. The van der Waals surface area contributed by atoms with E-state index in [2.05, 4.69) is 5.10 Å². The molecule has 3 aromatic rings. The molecule has 1 amide bonds. The summed E-state index contributed by atoms with van der Waals surface area (Å²) in [5.74, 6) is 1.71. The molecule has 0 aromatic carbocycles. The Morgan fingerprint density at radius 3 is 2.96 bits per heavy atom. The van der Waals surface area contributed by atoms with E-state index in [0.717, 1.165) is 17.0 Å². The van der Waals surface area contributed by atoms with Crippen molar-refractivity contribution in [3.63, 3.8) is 0 Å². The molecule has 6 heteroatoms. The van der Waals surface area contributed by atoms with E-state index >= 15 is 0 Å². The first-order valence-corrected chi connectivity index (χ1v) is 7.67. The molecule has 0 unspecified atom stereocenters. The molecule has 1 fully saturated rings. The van der Waals surface area contributed by atoms with E-state index in [1.54, 1.807) is 15.6 Å². The molecule has 1 saturated heterocycles. The van der Waals surface area contributed by atoms with E-state index in [-0.39, 0.29) is 17.9 Å². The summed E-state index contributed by atoms with van der Waals surface area (Å²) in [5.41, 5.74) is 7.65. The minimum absolute atomic E-state index is 0.0348. The van der Waals surface area contributed by atoms with Gasteiger partial charge >= 0.3 is 0 Å². The normalized spacial score (nSPS) is 21.2. The SMILES string of the molecule is Cc1ccc([C@@H]2CN(C(=O)c3cnn4ccccc34)C[C@H]2N)o1. The fourth-order valence-corrected chi connectivity index (χ4v) is 3.22. The van der Waals surface area contributed by atoms with Crippen molar-refractivity contribution in [2.24, 2.45) is 5.73 Å². The lowest BCUT2D eigenvalue weighted by atomic mass is 10.0. The number of nitrogens with two attached hydrogens (primary N) is 1. The predicted octanol–water partition coefficient (Wildman–Crippen LogP) is 1.80. The highest BCUT2D eigenvalue weighted by molar-refractivity contribution is 6.00. The summed E-state index contributed by atoms with van der Waals surface area (Å²) in [6, 6.07) is 9.43. The van der Waals surface area contributed by atoms with Gasteiger partial charge in [-0.15, -0.1) is 0 Å². The minimum atomic E-state index is -0.119. The average Bonchev–Trinajstić information content (AvgIpc) is 3.24. The molecule has 0 bridgehead atoms. The van der Waals surface area contributed by atoms with Crippen LogP contribution in [-0.2, 0) is 0 Å². The van der Waals surface area contributed by atoms with Crippen molar-refractivity contribution >= 4 is 11.4 Å². The lowest BCUT2D eigenvalue weighted by Crippen LogP contribution is -2.32. The molecule has 2 atom stereocenters. The van der Waals surface area contributed by atoms with Crippen LogP contribution in [-0.4, -0.2) is 39.6 Å². The quantitative estimate of drug-likeness (QED) is 0.783. The zero-order chi connectivity index (χ0) is 16.0. The Morgan fingerprint density at radius 2 is 2.17 bits per heavy atom. The van der Waals surface area contributed by atoms with Gasteiger partial charge in [-0.1, -0.05) is 6.07 Å². The first-order valence-electron chi connectivity index (χ1n) is 7.67. The van der Waals surface area contributed by atoms with Crippen LogP contribution in [0.1, 0.15) is 27.8 Å². The molecule has 2 N–H and O–H groups in total. The highest BCUT2D eigenvalue weighted by Gasteiger charge is 2.36. The van der Waals surface area contributed by atoms with Gasteiger partial charge < -0.3 is 15.1 Å². The second-order valence-corrected chi connectivity index (χ2v) is 6.02. The zero-order valence-corrected chi connectivity index (χ0v) is 12.8. The van der Waals surface area contributed by atoms with E-state index in [0.29, 0.717) is 18.7 Å². The van der Waals surface area contributed by atoms with Gasteiger partial charge in [0.05, 0.1) is 23.2 Å². The molecule has 0 aliphatic carbocycles. The number of nitrogens with zero attached hydrogens (tertiary/aromatic N) is 3. The van der Waals surface area contributed by atoms with E-state index in [1.807, 2.05) is 43.5 Å². The number of hydrogen-bond donors (Lipinski definition) is 1. The van der Waals surface area contributed by atoms with Gasteiger partial charge in [-0.25, -0.2) is 4.52 Å². The molecular weight excluding hydrogens is 292 g/mol. The van der Waals surface area contributed by atoms with Crippen LogP contribution in [0.25, 0.3) is 5.52 Å². The molecule has 4 heterocycles. The van der Waals surface area contributed by atoms with Crippen molar-refractivity contribution in [1.29, 1.82) is 0 Å². The van der Waals surface area contributed by atoms with Crippen LogP contribution in [0, 0.1) is 6.92 Å². The summed E-state index contributed by atoms with van der Waals surface area (Å²) in [4.78, 5) is 14.6. The number of aromatic nitrogens is 2. The first kappa shape index (κ1) is 14.0. The predicted molar refractivity (Wildman–Crippen MR) is 85.3 cm³/mol. The summed E-state index contributed by atoms with van der Waals surface area (Å²) >= 11 is 0. The van der Waals surface area contributed by atoms with E-state index in [4.69, 9.17) is 10.2 Å². The highest BCUT2D eigenvalue weighted by Crippen LogP contribution is 2.29. The zero-order valence-electron chi connectivity index (χ0n) is 12.8. The molecule has 1 aliphatic heterocycles. The van der Waals surface area contributed by atoms with E-state index in [9.17, 15) is 4.79 Å². The number of likely N-dealkylation sites (tertiary alicyclic amines) is 1. The Labute approximate surface area is 133 Å². The Balaban J connectivity index is 1.60. The molecule has 0 radical (unpaired) electrons. The van der Waals surface area contributed by atoms with Crippen LogP contribution in [0.3, 0.4) is 0 Å². The second kappa shape index (κ2) is 5.24. The fraction of sp³-hybridized carbons (Fsp3) is 0.294. The summed E-state index contributed by atoms with van der Waals surface area (Å²) < 4.78 is 7.40. The van der Waals surface area contributed by atoms with Crippen LogP contribution < -0.4 is 5.73 Å². The highest BCUT2D eigenvalue weighted by atomic mass is 16.3. The molecule has 6 nitrogen and oxygen atoms in total. The van der Waals surface area contributed by atoms with Gasteiger partial charge in [0.15, 0.2) is 0 Å². The first-order chi connectivity index (χ1) is 11.1. The molecule has 3 aromatic heterocycles. The molecule has 4 rings (SSSR count). The van der Waals surface area contributed by atoms with Crippen molar-refractivity contribution in [1.82, 2.24) is 14.5 Å². The molecular formula is C17H18N4O2. The van der Waals surface area contributed by atoms with Gasteiger partial charge in [0.1, 0.15) is 11.5 Å². The van der Waals surface area contributed by atoms with Gasteiger partial charge in [-0.3, -0.25) is 4.79 Å². The standard InChI is InChI=1S/C17H18N4O2/c1-11-5-6-16(23-11)13-9-20(10-14(13)18)17(22)12-8-19-21-7-3-2-4-15(12)21/h2-8,13-14H,9-10,18H2,1H3/t13-,14-/m1/s1. The van der Waals surface area contributed by atoms with Gasteiger partial charge in [0, 0.05) is 25.3 Å². The molecule has 23 heavy (non-hydrogen) atoms. The number of carbonyl (C=O) groups is 1. The smallest absolute Gasteiger partial charge is 0.257 e. The van der Waals surface area contributed by atoms with Gasteiger partial charge in [-0.05, 0) is 31.2 Å². The topological polar surface area (TPSA) is 76.8 Å². The Kier molecular flexibility index (Phi) is 3.20. The van der Waals surface area contributed by atoms with Crippen LogP contribution in [0.2, 0.25) is 0 Å². The van der Waals surface area contributed by atoms with Crippen LogP contribution >= 0.6 is 0 Å². The number of pyridine rings is 1. The number of carbonyl (C=O) groups excluding carboxylic acids is 1. The van der Waals surface area contributed by atoms with Crippen LogP contribution in [0.5, 0.6) is 0 Å². The van der Waals surface area contributed by atoms with Crippen molar-refractivity contribution in [2.75, 3.05) is 13.1 Å². The van der Waals surface area contributed by atoms with Gasteiger partial charge in [0.2, 0.25) is 0 Å². The third-order valence-electron chi connectivity index (χ3n) is 4.44. The van der Waals surface area contributed by atoms with Crippen LogP contribution in [0.15, 0.2) is 47.1 Å². The Hall–Kier alpha value is -2.60. The van der Waals surface area contributed by atoms with Crippen molar-refractivity contribution in [2.45, 2.75) is 18.9 Å². The summed E-state index contributed by atoms with van der Waals surface area (Å²) in [6.45, 7) is 3.00. The maximum Gasteiger partial charge on any atom is 0.257 e.